The van der Waals surface area contributed by atoms with Gasteiger partial charge in [0.2, 0.25) is 0 Å². The lowest BCUT2D eigenvalue weighted by Gasteiger charge is -2.41. The summed E-state index contributed by atoms with van der Waals surface area (Å²) >= 11 is 0. The number of nitrogens with one attached hydrogen (secondary N) is 1. The largest absolute Gasteiger partial charge is 0.311 e. The second kappa shape index (κ2) is 7.03. The Morgan fingerprint density at radius 1 is 0.955 bits per heavy atom. The maximum absolute atomic E-state index is 13.0. The summed E-state index contributed by atoms with van der Waals surface area (Å²) in [6.45, 7) is 24.9. The zero-order chi connectivity index (χ0) is 18.0. The zero-order valence-electron chi connectivity index (χ0n) is 17.1. The Morgan fingerprint density at radius 2 is 1.41 bits per heavy atom. The molecule has 0 radical (unpaired) electrons. The molecule has 0 aromatic carbocycles. The Labute approximate surface area is 139 Å². The van der Waals surface area contributed by atoms with E-state index in [2.05, 4.69) is 81.5 Å². The first kappa shape index (κ1) is 21.6. The Kier molecular flexibility index (Phi) is 6.91. The van der Waals surface area contributed by atoms with Crippen LogP contribution in [0.1, 0.15) is 89.0 Å². The Morgan fingerprint density at radius 3 is 1.77 bits per heavy atom. The predicted molar refractivity (Wildman–Crippen MR) is 98.2 cm³/mol. The minimum atomic E-state index is -0.296. The summed E-state index contributed by atoms with van der Waals surface area (Å²) in [6.07, 6.45) is 2.01. The molecular weight excluding hydrogens is 270 g/mol. The van der Waals surface area contributed by atoms with Crippen LogP contribution in [0.15, 0.2) is 0 Å². The van der Waals surface area contributed by atoms with Crippen molar-refractivity contribution in [3.05, 3.63) is 0 Å². The lowest BCUT2D eigenvalue weighted by molar-refractivity contribution is -0.139. The minimum absolute atomic E-state index is 0.0959. The van der Waals surface area contributed by atoms with Crippen molar-refractivity contribution < 1.29 is 4.79 Å². The van der Waals surface area contributed by atoms with Crippen LogP contribution in [0.2, 0.25) is 0 Å². The van der Waals surface area contributed by atoms with Crippen molar-refractivity contribution in [1.82, 2.24) is 5.32 Å². The number of hydrogen-bond donors (Lipinski definition) is 1. The van der Waals surface area contributed by atoms with E-state index in [4.69, 9.17) is 0 Å². The summed E-state index contributed by atoms with van der Waals surface area (Å²) in [6, 6.07) is 0. The van der Waals surface area contributed by atoms with Crippen LogP contribution in [-0.2, 0) is 4.79 Å². The van der Waals surface area contributed by atoms with E-state index in [-0.39, 0.29) is 21.8 Å². The van der Waals surface area contributed by atoms with E-state index >= 15 is 0 Å². The van der Waals surface area contributed by atoms with E-state index in [9.17, 15) is 4.79 Å². The normalized spacial score (nSPS) is 14.5. The molecule has 0 unspecified atom stereocenters. The van der Waals surface area contributed by atoms with Crippen molar-refractivity contribution in [2.45, 2.75) is 94.5 Å². The van der Waals surface area contributed by atoms with Crippen LogP contribution in [0, 0.1) is 22.2 Å². The van der Waals surface area contributed by atoms with E-state index in [0.29, 0.717) is 11.7 Å². The van der Waals surface area contributed by atoms with Gasteiger partial charge in [-0.2, -0.15) is 0 Å². The summed E-state index contributed by atoms with van der Waals surface area (Å²) in [5.74, 6) is 0.748. The lowest BCUT2D eigenvalue weighted by Crippen LogP contribution is -2.47. The molecule has 0 amide bonds. The van der Waals surface area contributed by atoms with Crippen molar-refractivity contribution >= 4 is 5.78 Å². The van der Waals surface area contributed by atoms with Crippen LogP contribution in [0.5, 0.6) is 0 Å². The van der Waals surface area contributed by atoms with Crippen LogP contribution in [0.25, 0.3) is 0 Å². The molecule has 0 saturated heterocycles. The number of carbonyl (C=O) groups excluding carboxylic acids is 1. The molecular formula is C20H41NO. The van der Waals surface area contributed by atoms with E-state index in [1.165, 1.54) is 0 Å². The van der Waals surface area contributed by atoms with Crippen molar-refractivity contribution in [1.29, 1.82) is 0 Å². The van der Waals surface area contributed by atoms with Crippen molar-refractivity contribution in [3.63, 3.8) is 0 Å². The number of rotatable bonds is 9. The zero-order valence-corrected chi connectivity index (χ0v) is 17.1. The molecule has 132 valence electrons. The smallest absolute Gasteiger partial charge is 0.144 e. The quantitative estimate of drug-likeness (QED) is 0.612. The van der Waals surface area contributed by atoms with Crippen LogP contribution >= 0.6 is 0 Å². The Balaban J connectivity index is 4.99. The third-order valence-corrected chi connectivity index (χ3v) is 5.49. The Bertz CT molecular complexity index is 375. The van der Waals surface area contributed by atoms with Crippen molar-refractivity contribution in [2.24, 2.45) is 22.2 Å². The van der Waals surface area contributed by atoms with Gasteiger partial charge in [0.05, 0.1) is 0 Å². The van der Waals surface area contributed by atoms with Gasteiger partial charge in [-0.25, -0.2) is 0 Å². The molecule has 0 atom stereocenters. The van der Waals surface area contributed by atoms with E-state index in [0.717, 1.165) is 19.4 Å². The fourth-order valence-electron chi connectivity index (χ4n) is 3.08. The van der Waals surface area contributed by atoms with Gasteiger partial charge in [0.15, 0.2) is 0 Å². The molecule has 22 heavy (non-hydrogen) atoms. The average Bonchev–Trinajstić information content (AvgIpc) is 2.34. The van der Waals surface area contributed by atoms with Gasteiger partial charge < -0.3 is 5.32 Å². The predicted octanol–water partition coefficient (Wildman–Crippen LogP) is 5.46. The van der Waals surface area contributed by atoms with Crippen LogP contribution in [-0.4, -0.2) is 17.9 Å². The molecule has 0 spiro atoms. The Hall–Kier alpha value is -0.370. The molecule has 2 nitrogen and oxygen atoms in total. The molecule has 0 aliphatic heterocycles. The molecule has 0 heterocycles. The summed E-state index contributed by atoms with van der Waals surface area (Å²) < 4.78 is 0. The topological polar surface area (TPSA) is 29.1 Å². The summed E-state index contributed by atoms with van der Waals surface area (Å²) in [5.41, 5.74) is -0.313. The van der Waals surface area contributed by atoms with Crippen LogP contribution < -0.4 is 5.32 Å². The molecule has 0 aliphatic carbocycles. The van der Waals surface area contributed by atoms with Gasteiger partial charge in [-0.15, -0.1) is 0 Å². The molecule has 0 saturated carbocycles. The second-order valence-corrected chi connectivity index (χ2v) is 10.0. The van der Waals surface area contributed by atoms with Gasteiger partial charge >= 0.3 is 0 Å². The van der Waals surface area contributed by atoms with Crippen LogP contribution in [0.3, 0.4) is 0 Å². The lowest BCUT2D eigenvalue weighted by atomic mass is 9.63. The minimum Gasteiger partial charge on any atom is -0.311 e. The molecule has 0 fully saturated rings. The first-order valence-corrected chi connectivity index (χ1v) is 8.87. The van der Waals surface area contributed by atoms with Crippen molar-refractivity contribution in [2.75, 3.05) is 6.54 Å². The molecule has 2 heteroatoms. The fourth-order valence-corrected chi connectivity index (χ4v) is 3.08. The standard InChI is InChI=1S/C20H41NO/c1-12-19(8,9)21-14-17(4,5)13-18(6,7)16(22)20(10,11)15(2)3/h15,21H,12-14H2,1-11H3. The van der Waals surface area contributed by atoms with Crippen molar-refractivity contribution in [3.8, 4) is 0 Å². The highest BCUT2D eigenvalue weighted by atomic mass is 16.1. The van der Waals surface area contributed by atoms with Gasteiger partial charge in [0.1, 0.15) is 5.78 Å². The SMILES string of the molecule is CCC(C)(C)NCC(C)(C)CC(C)(C)C(=O)C(C)(C)C(C)C. The third-order valence-electron chi connectivity index (χ3n) is 5.49. The van der Waals surface area contributed by atoms with Gasteiger partial charge in [-0.3, -0.25) is 4.79 Å². The van der Waals surface area contributed by atoms with E-state index < -0.39 is 0 Å². The summed E-state index contributed by atoms with van der Waals surface area (Å²) in [4.78, 5) is 13.0. The van der Waals surface area contributed by atoms with Crippen LogP contribution in [0.4, 0.5) is 0 Å². The third kappa shape index (κ3) is 6.02. The highest BCUT2D eigenvalue weighted by molar-refractivity contribution is 5.89. The van der Waals surface area contributed by atoms with Gasteiger partial charge in [-0.1, -0.05) is 62.3 Å². The number of carbonyl (C=O) groups is 1. The van der Waals surface area contributed by atoms with Gasteiger partial charge in [0, 0.05) is 22.9 Å². The van der Waals surface area contributed by atoms with Gasteiger partial charge in [0.25, 0.3) is 0 Å². The highest BCUT2D eigenvalue weighted by Gasteiger charge is 2.43. The number of Topliss-reactive ketones (excluding diaryl/α,β-unsaturated/α-hetero) is 1. The first-order valence-electron chi connectivity index (χ1n) is 8.87. The highest BCUT2D eigenvalue weighted by Crippen LogP contribution is 2.41. The monoisotopic (exact) mass is 311 g/mol. The van der Waals surface area contributed by atoms with Gasteiger partial charge in [-0.05, 0) is 38.0 Å². The fraction of sp³-hybridized carbons (Fsp3) is 0.950. The molecule has 0 aliphatic rings. The maximum atomic E-state index is 13.0. The maximum Gasteiger partial charge on any atom is 0.144 e. The molecule has 0 rings (SSSR count). The first-order chi connectivity index (χ1) is 9.57. The number of hydrogen-bond acceptors (Lipinski definition) is 2. The summed E-state index contributed by atoms with van der Waals surface area (Å²) in [5, 5.41) is 3.66. The second-order valence-electron chi connectivity index (χ2n) is 10.0. The van der Waals surface area contributed by atoms with E-state index in [1.54, 1.807) is 0 Å². The molecule has 0 bridgehead atoms. The average molecular weight is 312 g/mol. The summed E-state index contributed by atoms with van der Waals surface area (Å²) in [7, 11) is 0. The molecule has 1 N–H and O–H groups in total. The van der Waals surface area contributed by atoms with E-state index in [1.807, 2.05) is 0 Å². The molecule has 0 aromatic rings. The number of ketones is 1. The molecule has 0 aromatic heterocycles.